The number of likely N-dealkylation sites (N-methyl/N-ethyl adjacent to an activating group) is 1. The second-order valence-electron chi connectivity index (χ2n) is 41.8. The summed E-state index contributed by atoms with van der Waals surface area (Å²) in [7, 11) is 5.40. The first kappa shape index (κ1) is 147. The molecule has 1 unspecified atom stereocenters. The van der Waals surface area contributed by atoms with Crippen molar-refractivity contribution in [2.24, 2.45) is 76.9 Å². The second-order valence-corrected chi connectivity index (χ2v) is 41.8. The zero-order valence-corrected chi connectivity index (χ0v) is 90.4. The van der Waals surface area contributed by atoms with Crippen LogP contribution in [0.2, 0.25) is 0 Å². The maximum atomic E-state index is 11.4. The Kier molecular flexibility index (Phi) is 101. The van der Waals surface area contributed by atoms with E-state index in [9.17, 15) is 47.9 Å². The lowest BCUT2D eigenvalue weighted by atomic mass is 9.95. The second kappa shape index (κ2) is 92.3. The highest BCUT2D eigenvalue weighted by Crippen LogP contribution is 2.23. The minimum Gasteiger partial charge on any atom is -0.481 e. The fourth-order valence-corrected chi connectivity index (χ4v) is 11.7. The van der Waals surface area contributed by atoms with Gasteiger partial charge in [-0.05, 0) is 190 Å². The molecular formula is C110H214N6O18. The van der Waals surface area contributed by atoms with E-state index < -0.39 is 11.8 Å². The number of nitrogens with zero attached hydrogens (tertiary/aromatic N) is 1. The molecule has 6 N–H and O–H groups in total. The molecule has 1 atom stereocenters. The van der Waals surface area contributed by atoms with Crippen molar-refractivity contribution in [3.05, 3.63) is 71.8 Å². The first-order chi connectivity index (χ1) is 60.7. The summed E-state index contributed by atoms with van der Waals surface area (Å²) in [4.78, 5) is 111. The molecule has 3 fully saturated rings. The van der Waals surface area contributed by atoms with Gasteiger partial charge in [-0.25, -0.2) is 0 Å². The Morgan fingerprint density at radius 1 is 0.448 bits per heavy atom. The number of aliphatic carboxylic acids is 1. The molecule has 134 heavy (non-hydrogen) atoms. The van der Waals surface area contributed by atoms with Crippen LogP contribution in [0.3, 0.4) is 0 Å². The van der Waals surface area contributed by atoms with Crippen molar-refractivity contribution in [2.45, 2.75) is 435 Å². The SMILES string of the molecule is C.C.C.CC(C)CC(=O)NC(C)C.CC(C)CC(=O)NC1CCCCC1.CC(C)CC(=O)NC1CCOCC1.CC(C)CC(=O)NCC1COC(C)(C)O1.CC(C)CC(=O)NCCN(C)C.CC(C)CC(=O)O.CC(C)CC(=O)OC(C)(C)C.CC(C)CC(=O)OCc1ccccc1.CC(C)CCCC(C)C.CC(C)Cc1ccccc1.CCOC(=O)CC(C)C.COC(=O)CC(C)C. The number of carboxylic acid groups (broad SMARTS) is 1. The Morgan fingerprint density at radius 2 is 0.813 bits per heavy atom. The zero-order chi connectivity index (χ0) is 102. The number of amides is 5. The van der Waals surface area contributed by atoms with Crippen molar-refractivity contribution < 1.29 is 86.2 Å². The van der Waals surface area contributed by atoms with Crippen molar-refractivity contribution in [1.82, 2.24) is 31.5 Å². The van der Waals surface area contributed by atoms with Crippen LogP contribution >= 0.6 is 0 Å². The molecule has 2 aromatic carbocycles. The van der Waals surface area contributed by atoms with Crippen molar-refractivity contribution >= 4 is 59.4 Å². The van der Waals surface area contributed by atoms with Gasteiger partial charge in [-0.1, -0.05) is 301 Å². The predicted octanol–water partition coefficient (Wildman–Crippen LogP) is 24.7. The highest BCUT2D eigenvalue weighted by atomic mass is 16.7. The predicted molar refractivity (Wildman–Crippen MR) is 561 cm³/mol. The van der Waals surface area contributed by atoms with E-state index in [2.05, 4.69) is 136 Å². The Bertz CT molecular complexity index is 3040. The molecule has 1 saturated carbocycles. The fourth-order valence-electron chi connectivity index (χ4n) is 11.7. The van der Waals surface area contributed by atoms with Crippen molar-refractivity contribution in [3.63, 3.8) is 0 Å². The summed E-state index contributed by atoms with van der Waals surface area (Å²) in [5.41, 5.74) is 2.13. The third kappa shape index (κ3) is 125. The van der Waals surface area contributed by atoms with Gasteiger partial charge in [-0.2, -0.15) is 0 Å². The largest absolute Gasteiger partial charge is 0.481 e. The molecular weight excluding hydrogens is 1690 g/mol. The lowest BCUT2D eigenvalue weighted by molar-refractivity contribution is -0.156. The molecule has 5 rings (SSSR count). The van der Waals surface area contributed by atoms with Crippen LogP contribution in [0, 0.1) is 76.9 Å². The lowest BCUT2D eigenvalue weighted by Gasteiger charge is -2.23. The van der Waals surface area contributed by atoms with Crippen LogP contribution < -0.4 is 26.6 Å². The van der Waals surface area contributed by atoms with Crippen LogP contribution in [0.1, 0.15) is 397 Å². The lowest BCUT2D eigenvalue weighted by Crippen LogP contribution is -2.39. The van der Waals surface area contributed by atoms with Crippen LogP contribution in [0.25, 0.3) is 0 Å². The standard InChI is InChI=1S/C12H16O2.C11H21NO3.C11H21NO.C10H19NO2.C10H14.C9H20N2O.C9H18O2.C9H20.C8H17NO.C7H14O2.C6H12O2.C5H10O2.3CH4/c1-10(2)8-12(13)14-9-11-6-4-3-5-7-11;1-8(2)5-10(13)12-6-9-7-14-11(3,4)15-9;1-9(2)8-11(13)12-10-6-4-3-5-7-10;1-8(2)7-10(12)11-9-3-5-13-6-4-9;1-9(2)8-10-6-4-3-5-7-10;1-8(2)7-9(12)10-5-6-11(3)4;1-7(2)6-8(10)11-9(3,4)5;1-8(2)6-5-7-9(3)4;1-6(2)5-8(10)9-7(3)4;1-4-9-7(8)5-6(2)3;1-5(2)4-6(7)8-3;1-4(2)3-5(6)7;;;/h3-7,10H,8-9H2,1-2H3;8-9H,5-7H2,1-4H3,(H,12,13);9-10H,3-8H2,1-2H3,(H,12,13);8-9H,3-7H2,1-2H3,(H,11,12);3-7,9H,8H2,1-2H3;8H,5-7H2,1-4H3,(H,10,12);7H,6H2,1-5H3;8-9H,5-7H2,1-4H3;6-7H,5H2,1-4H3,(H,9,10);6H,4-5H2,1-3H3;5H,4H2,1-3H3;4H,3H2,1-2H3,(H,6,7);3*1H4. The number of methoxy groups -OCH3 is 1. The van der Waals surface area contributed by atoms with E-state index in [0.717, 1.165) is 62.5 Å². The number of carboxylic acids is 1. The van der Waals surface area contributed by atoms with Gasteiger partial charge in [0, 0.05) is 115 Å². The molecule has 2 heterocycles. The number of rotatable bonds is 37. The maximum Gasteiger partial charge on any atom is 0.306 e. The quantitative estimate of drug-likeness (QED) is 0.0270. The van der Waals surface area contributed by atoms with Gasteiger partial charge >= 0.3 is 29.8 Å². The minimum absolute atomic E-state index is 0. The van der Waals surface area contributed by atoms with Gasteiger partial charge in [0.15, 0.2) is 5.79 Å². The van der Waals surface area contributed by atoms with Crippen LogP contribution in [-0.2, 0) is 94.1 Å². The number of carbonyl (C=O) groups excluding carboxylic acids is 9. The molecule has 3 aliphatic rings. The number of nitrogens with one attached hydrogen (secondary N) is 5. The van der Waals surface area contributed by atoms with E-state index in [1.807, 2.05) is 211 Å². The highest BCUT2D eigenvalue weighted by molar-refractivity contribution is 5.78. The summed E-state index contributed by atoms with van der Waals surface area (Å²) in [6.07, 6.45) is 19.1. The normalized spacial score (nSPS) is 13.5. The molecule has 2 aromatic rings. The van der Waals surface area contributed by atoms with E-state index in [1.54, 1.807) is 0 Å². The number of hydrogen-bond donors (Lipinski definition) is 6. The maximum absolute atomic E-state index is 11.4. The van der Waals surface area contributed by atoms with Crippen LogP contribution in [0.15, 0.2) is 60.7 Å². The molecule has 5 amide bonds. The Morgan fingerprint density at radius 3 is 1.14 bits per heavy atom. The highest BCUT2D eigenvalue weighted by Gasteiger charge is 2.33. The molecule has 2 aliphatic heterocycles. The van der Waals surface area contributed by atoms with E-state index in [1.165, 1.54) is 70.5 Å². The molecule has 24 heteroatoms. The third-order valence-corrected chi connectivity index (χ3v) is 17.6. The number of esters is 4. The number of hydrogen-bond acceptors (Lipinski definition) is 18. The average molecular weight is 1910 g/mol. The summed E-state index contributed by atoms with van der Waals surface area (Å²) in [5.74, 6) is 5.75. The van der Waals surface area contributed by atoms with Gasteiger partial charge < -0.3 is 69.7 Å². The Hall–Kier alpha value is -7.02. The van der Waals surface area contributed by atoms with Gasteiger partial charge in [-0.3, -0.25) is 47.9 Å². The number of carbonyl (C=O) groups is 10. The monoisotopic (exact) mass is 1910 g/mol. The Balaban J connectivity index is -0.000000157. The fraction of sp³-hybridized carbons (Fsp3) is 0.800. The summed E-state index contributed by atoms with van der Waals surface area (Å²) < 4.78 is 35.5. The molecule has 24 nitrogen and oxygen atoms in total. The number of benzene rings is 2. The molecule has 2 saturated heterocycles. The summed E-state index contributed by atoms with van der Waals surface area (Å²) in [5, 5.41) is 22.8. The van der Waals surface area contributed by atoms with Crippen molar-refractivity contribution in [2.75, 3.05) is 67.3 Å². The van der Waals surface area contributed by atoms with Crippen LogP contribution in [0.4, 0.5) is 0 Å². The molecule has 792 valence electrons. The molecule has 0 aromatic heterocycles. The van der Waals surface area contributed by atoms with E-state index in [-0.39, 0.29) is 106 Å². The topological polar surface area (TPSA) is 319 Å². The first-order valence-corrected chi connectivity index (χ1v) is 49.5. The third-order valence-electron chi connectivity index (χ3n) is 17.6. The van der Waals surface area contributed by atoms with Gasteiger partial charge in [0.05, 0.1) is 20.3 Å². The van der Waals surface area contributed by atoms with Crippen molar-refractivity contribution in [3.8, 4) is 0 Å². The molecule has 0 bridgehead atoms. The summed E-state index contributed by atoms with van der Waals surface area (Å²) in [6.45, 7) is 74.2. The van der Waals surface area contributed by atoms with Gasteiger partial charge in [0.1, 0.15) is 18.3 Å². The van der Waals surface area contributed by atoms with E-state index >= 15 is 0 Å². The number of ether oxygens (including phenoxy) is 7. The van der Waals surface area contributed by atoms with E-state index in [0.29, 0.717) is 149 Å². The Labute approximate surface area is 823 Å². The smallest absolute Gasteiger partial charge is 0.306 e. The first-order valence-electron chi connectivity index (χ1n) is 49.5. The van der Waals surface area contributed by atoms with Gasteiger partial charge in [0.2, 0.25) is 29.5 Å². The van der Waals surface area contributed by atoms with Crippen LogP contribution in [-0.4, -0.2) is 172 Å². The zero-order valence-electron chi connectivity index (χ0n) is 90.4. The minimum atomic E-state index is -0.713. The van der Waals surface area contributed by atoms with E-state index in [4.69, 9.17) is 33.5 Å². The molecule has 0 radical (unpaired) electrons. The van der Waals surface area contributed by atoms with Gasteiger partial charge in [0.25, 0.3) is 0 Å². The van der Waals surface area contributed by atoms with Crippen LogP contribution in [0.5, 0.6) is 0 Å². The molecule has 0 spiro atoms. The summed E-state index contributed by atoms with van der Waals surface area (Å²) >= 11 is 0. The summed E-state index contributed by atoms with van der Waals surface area (Å²) in [6, 6.07) is 21.4. The van der Waals surface area contributed by atoms with Crippen molar-refractivity contribution in [1.29, 1.82) is 0 Å². The average Bonchev–Trinajstić information content (AvgIpc) is 1.73. The molecule has 1 aliphatic carbocycles. The van der Waals surface area contributed by atoms with Gasteiger partial charge in [-0.15, -0.1) is 0 Å².